The van der Waals surface area contributed by atoms with Crippen LogP contribution in [0.2, 0.25) is 0 Å². The first-order valence-electron chi connectivity index (χ1n) is 7.40. The van der Waals surface area contributed by atoms with E-state index in [1.807, 2.05) is 65.6 Å². The van der Waals surface area contributed by atoms with E-state index in [2.05, 4.69) is 0 Å². The van der Waals surface area contributed by atoms with Gasteiger partial charge in [-0.15, -0.1) is 0 Å². The third-order valence-electron chi connectivity index (χ3n) is 4.05. The molecule has 3 nitrogen and oxygen atoms in total. The van der Waals surface area contributed by atoms with E-state index in [4.69, 9.17) is 5.73 Å². The molecule has 1 saturated heterocycles. The monoisotopic (exact) mass is 280 g/mol. The van der Waals surface area contributed by atoms with Crippen molar-refractivity contribution >= 4 is 5.91 Å². The largest absolute Gasteiger partial charge is 0.340 e. The lowest BCUT2D eigenvalue weighted by molar-refractivity contribution is -0.130. The second-order valence-corrected chi connectivity index (χ2v) is 5.59. The highest BCUT2D eigenvalue weighted by molar-refractivity contribution is 5.87. The molecular weight excluding hydrogens is 260 g/mol. The van der Waals surface area contributed by atoms with E-state index in [9.17, 15) is 4.79 Å². The fraction of sp³-hybridized carbons (Fsp3) is 0.278. The van der Waals surface area contributed by atoms with Crippen LogP contribution in [0.15, 0.2) is 60.7 Å². The molecule has 0 spiro atoms. The molecular formula is C18H20N2O. The van der Waals surface area contributed by atoms with Crippen LogP contribution in [0.4, 0.5) is 0 Å². The molecule has 3 rings (SSSR count). The first-order valence-corrected chi connectivity index (χ1v) is 7.40. The summed E-state index contributed by atoms with van der Waals surface area (Å²) < 4.78 is 0. The van der Waals surface area contributed by atoms with Crippen LogP contribution in [0, 0.1) is 0 Å². The number of benzene rings is 2. The molecule has 2 aromatic carbocycles. The number of carbonyl (C=O) groups excluding carboxylic acids is 1. The molecule has 1 amide bonds. The van der Waals surface area contributed by atoms with E-state index in [-0.39, 0.29) is 17.9 Å². The van der Waals surface area contributed by atoms with Gasteiger partial charge in [0.15, 0.2) is 0 Å². The Labute approximate surface area is 125 Å². The Balaban J connectivity index is 1.95. The van der Waals surface area contributed by atoms with E-state index in [1.54, 1.807) is 0 Å². The predicted molar refractivity (Wildman–Crippen MR) is 83.9 cm³/mol. The van der Waals surface area contributed by atoms with Gasteiger partial charge in [-0.05, 0) is 17.5 Å². The lowest BCUT2D eigenvalue weighted by Gasteiger charge is -2.24. The van der Waals surface area contributed by atoms with Crippen molar-refractivity contribution < 1.29 is 4.79 Å². The van der Waals surface area contributed by atoms with Crippen LogP contribution in [0.5, 0.6) is 0 Å². The molecule has 1 aliphatic rings. The molecule has 0 bridgehead atoms. The van der Waals surface area contributed by atoms with Crippen molar-refractivity contribution in [1.82, 2.24) is 4.90 Å². The van der Waals surface area contributed by atoms with E-state index < -0.39 is 0 Å². The average molecular weight is 280 g/mol. The molecule has 1 heterocycles. The highest BCUT2D eigenvalue weighted by atomic mass is 16.2. The lowest BCUT2D eigenvalue weighted by atomic mass is 9.90. The molecule has 0 aromatic heterocycles. The molecule has 3 heteroatoms. The van der Waals surface area contributed by atoms with Gasteiger partial charge in [-0.3, -0.25) is 4.79 Å². The van der Waals surface area contributed by atoms with Crippen molar-refractivity contribution in [2.45, 2.75) is 18.4 Å². The summed E-state index contributed by atoms with van der Waals surface area (Å²) in [5.41, 5.74) is 8.02. The summed E-state index contributed by atoms with van der Waals surface area (Å²) >= 11 is 0. The fourth-order valence-electron chi connectivity index (χ4n) is 2.94. The Morgan fingerprint density at radius 2 is 1.52 bits per heavy atom. The molecule has 1 aliphatic heterocycles. The summed E-state index contributed by atoms with van der Waals surface area (Å²) in [6.07, 6.45) is 0.891. The van der Waals surface area contributed by atoms with Crippen molar-refractivity contribution in [2.75, 3.05) is 13.1 Å². The van der Waals surface area contributed by atoms with Crippen LogP contribution in [-0.2, 0) is 4.79 Å². The number of carbonyl (C=O) groups is 1. The molecule has 108 valence electrons. The molecule has 1 fully saturated rings. The quantitative estimate of drug-likeness (QED) is 0.938. The Kier molecular flexibility index (Phi) is 4.02. The van der Waals surface area contributed by atoms with Gasteiger partial charge in [-0.2, -0.15) is 0 Å². The van der Waals surface area contributed by atoms with Crippen molar-refractivity contribution in [3.8, 4) is 0 Å². The van der Waals surface area contributed by atoms with Crippen LogP contribution in [0.1, 0.15) is 23.5 Å². The summed E-state index contributed by atoms with van der Waals surface area (Å²) in [6, 6.07) is 20.1. The zero-order valence-electron chi connectivity index (χ0n) is 12.0. The Hall–Kier alpha value is -2.13. The van der Waals surface area contributed by atoms with Crippen LogP contribution < -0.4 is 5.73 Å². The van der Waals surface area contributed by atoms with E-state index in [1.165, 1.54) is 0 Å². The molecule has 0 aliphatic carbocycles. The smallest absolute Gasteiger partial charge is 0.234 e. The van der Waals surface area contributed by atoms with Crippen molar-refractivity contribution in [1.29, 1.82) is 0 Å². The molecule has 0 radical (unpaired) electrons. The molecule has 1 atom stereocenters. The average Bonchev–Trinajstić information content (AvgIpc) is 2.96. The van der Waals surface area contributed by atoms with E-state index in [0.717, 1.165) is 24.1 Å². The molecule has 0 saturated carbocycles. The topological polar surface area (TPSA) is 46.3 Å². The number of hydrogen-bond donors (Lipinski definition) is 1. The maximum atomic E-state index is 13.0. The normalized spacial score (nSPS) is 18.2. The number of likely N-dealkylation sites (tertiary alicyclic amines) is 1. The zero-order valence-corrected chi connectivity index (χ0v) is 12.0. The van der Waals surface area contributed by atoms with Gasteiger partial charge in [0.25, 0.3) is 0 Å². The minimum Gasteiger partial charge on any atom is -0.340 e. The predicted octanol–water partition coefficient (Wildman–Crippen LogP) is 2.38. The first-order chi connectivity index (χ1) is 10.3. The van der Waals surface area contributed by atoms with Gasteiger partial charge >= 0.3 is 0 Å². The highest BCUT2D eigenvalue weighted by Crippen LogP contribution is 2.28. The van der Waals surface area contributed by atoms with Crippen LogP contribution in [0.3, 0.4) is 0 Å². The van der Waals surface area contributed by atoms with Gasteiger partial charge in [0.05, 0.1) is 5.92 Å². The third-order valence-corrected chi connectivity index (χ3v) is 4.05. The van der Waals surface area contributed by atoms with Gasteiger partial charge < -0.3 is 10.6 Å². The van der Waals surface area contributed by atoms with Gasteiger partial charge in [0.1, 0.15) is 0 Å². The lowest BCUT2D eigenvalue weighted by Crippen LogP contribution is -2.35. The summed E-state index contributed by atoms with van der Waals surface area (Å²) in [6.45, 7) is 1.42. The van der Waals surface area contributed by atoms with Crippen LogP contribution >= 0.6 is 0 Å². The summed E-state index contributed by atoms with van der Waals surface area (Å²) in [7, 11) is 0. The van der Waals surface area contributed by atoms with Gasteiger partial charge in [0, 0.05) is 19.1 Å². The molecule has 21 heavy (non-hydrogen) atoms. The van der Waals surface area contributed by atoms with Crippen molar-refractivity contribution in [2.24, 2.45) is 5.73 Å². The van der Waals surface area contributed by atoms with Crippen LogP contribution in [-0.4, -0.2) is 29.9 Å². The summed E-state index contributed by atoms with van der Waals surface area (Å²) in [4.78, 5) is 14.9. The van der Waals surface area contributed by atoms with Gasteiger partial charge in [0.2, 0.25) is 5.91 Å². The maximum absolute atomic E-state index is 13.0. The van der Waals surface area contributed by atoms with Gasteiger partial charge in [-0.25, -0.2) is 0 Å². The fourth-order valence-corrected chi connectivity index (χ4v) is 2.94. The zero-order chi connectivity index (χ0) is 14.7. The van der Waals surface area contributed by atoms with Crippen molar-refractivity contribution in [3.63, 3.8) is 0 Å². The molecule has 2 aromatic rings. The minimum absolute atomic E-state index is 0.112. The molecule has 0 unspecified atom stereocenters. The van der Waals surface area contributed by atoms with Crippen molar-refractivity contribution in [3.05, 3.63) is 71.8 Å². The second kappa shape index (κ2) is 6.10. The van der Waals surface area contributed by atoms with Crippen LogP contribution in [0.25, 0.3) is 0 Å². The van der Waals surface area contributed by atoms with E-state index in [0.29, 0.717) is 6.54 Å². The SMILES string of the molecule is N[C@@H]1CCN(C(=O)C(c2ccccc2)c2ccccc2)C1. The third kappa shape index (κ3) is 2.98. The number of hydrogen-bond acceptors (Lipinski definition) is 2. The summed E-state index contributed by atoms with van der Waals surface area (Å²) in [5, 5.41) is 0. The number of nitrogens with two attached hydrogens (primary N) is 1. The van der Waals surface area contributed by atoms with Gasteiger partial charge in [-0.1, -0.05) is 60.7 Å². The second-order valence-electron chi connectivity index (χ2n) is 5.59. The Morgan fingerprint density at radius 1 is 1.00 bits per heavy atom. The Morgan fingerprint density at radius 3 is 1.95 bits per heavy atom. The van der Waals surface area contributed by atoms with E-state index >= 15 is 0 Å². The number of amides is 1. The first kappa shape index (κ1) is 13.8. The standard InChI is InChI=1S/C18H20N2O/c19-16-11-12-20(13-16)18(21)17(14-7-3-1-4-8-14)15-9-5-2-6-10-15/h1-10,16-17H,11-13,19H2/t16-/m1/s1. The molecule has 2 N–H and O–H groups in total. The Bertz CT molecular complexity index is 558. The number of rotatable bonds is 3. The summed E-state index contributed by atoms with van der Waals surface area (Å²) in [5.74, 6) is -0.0851. The number of nitrogens with zero attached hydrogens (tertiary/aromatic N) is 1. The highest BCUT2D eigenvalue weighted by Gasteiger charge is 2.31. The minimum atomic E-state index is -0.238. The maximum Gasteiger partial charge on any atom is 0.234 e.